The Morgan fingerprint density at radius 3 is 2.89 bits per heavy atom. The molecule has 0 spiro atoms. The molecule has 106 valence electrons. The number of nitrogens with zero attached hydrogens (tertiary/aromatic N) is 1. The van der Waals surface area contributed by atoms with Gasteiger partial charge in [-0.15, -0.1) is 0 Å². The summed E-state index contributed by atoms with van der Waals surface area (Å²) in [5.41, 5.74) is 0.457. The van der Waals surface area contributed by atoms with Crippen molar-refractivity contribution in [1.29, 1.82) is 0 Å². The Labute approximate surface area is 112 Å². The highest BCUT2D eigenvalue weighted by molar-refractivity contribution is 5.32. The second-order valence-corrected chi connectivity index (χ2v) is 4.66. The molecule has 0 aromatic heterocycles. The van der Waals surface area contributed by atoms with Crippen molar-refractivity contribution in [3.05, 3.63) is 29.3 Å². The maximum absolute atomic E-state index is 14.1. The lowest BCUT2D eigenvalue weighted by Crippen LogP contribution is -2.44. The van der Waals surface area contributed by atoms with Crippen molar-refractivity contribution < 1.29 is 18.3 Å². The largest absolute Gasteiger partial charge is 0.491 e. The van der Waals surface area contributed by atoms with E-state index in [-0.39, 0.29) is 11.8 Å². The molecule has 1 atom stereocenters. The van der Waals surface area contributed by atoms with Crippen molar-refractivity contribution in [3.63, 3.8) is 0 Å². The van der Waals surface area contributed by atoms with Crippen LogP contribution in [-0.4, -0.2) is 37.8 Å². The first-order chi connectivity index (χ1) is 9.17. The molecule has 0 saturated carbocycles. The van der Waals surface area contributed by atoms with Gasteiger partial charge in [-0.1, -0.05) is 13.0 Å². The first-order valence-electron chi connectivity index (χ1n) is 6.50. The molecule has 1 heterocycles. The van der Waals surface area contributed by atoms with Crippen LogP contribution in [0.3, 0.4) is 0 Å². The average molecular weight is 271 g/mol. The van der Waals surface area contributed by atoms with Crippen molar-refractivity contribution in [2.75, 3.05) is 26.9 Å². The summed E-state index contributed by atoms with van der Waals surface area (Å²) in [4.78, 5) is 2.17. The van der Waals surface area contributed by atoms with Crippen LogP contribution in [0.25, 0.3) is 0 Å². The van der Waals surface area contributed by atoms with Crippen LogP contribution in [0.15, 0.2) is 12.1 Å². The Balaban J connectivity index is 2.18. The average Bonchev–Trinajstić information content (AvgIpc) is 2.43. The predicted octanol–water partition coefficient (Wildman–Crippen LogP) is 2.58. The summed E-state index contributed by atoms with van der Waals surface area (Å²) in [6.45, 7) is 4.60. The van der Waals surface area contributed by atoms with Gasteiger partial charge in [-0.2, -0.15) is 0 Å². The highest BCUT2D eigenvalue weighted by Crippen LogP contribution is 2.26. The molecule has 1 unspecified atom stereocenters. The molecule has 1 aliphatic rings. The third kappa shape index (κ3) is 3.04. The van der Waals surface area contributed by atoms with E-state index < -0.39 is 11.6 Å². The highest BCUT2D eigenvalue weighted by Gasteiger charge is 2.23. The number of methoxy groups -OCH3 is 1. The molecule has 1 aromatic rings. The van der Waals surface area contributed by atoms with Gasteiger partial charge in [0.15, 0.2) is 17.4 Å². The Morgan fingerprint density at radius 2 is 2.21 bits per heavy atom. The molecule has 0 radical (unpaired) electrons. The van der Waals surface area contributed by atoms with Crippen LogP contribution in [0.5, 0.6) is 5.75 Å². The van der Waals surface area contributed by atoms with Crippen LogP contribution in [0.1, 0.15) is 18.9 Å². The molecule has 1 saturated heterocycles. The Morgan fingerprint density at radius 1 is 1.42 bits per heavy atom. The van der Waals surface area contributed by atoms with E-state index in [9.17, 15) is 8.78 Å². The third-order valence-electron chi connectivity index (χ3n) is 3.53. The maximum Gasteiger partial charge on any atom is 0.190 e. The van der Waals surface area contributed by atoms with Gasteiger partial charge in [-0.25, -0.2) is 8.78 Å². The number of hydrogen-bond acceptors (Lipinski definition) is 3. The second-order valence-electron chi connectivity index (χ2n) is 4.66. The number of halogens is 2. The van der Waals surface area contributed by atoms with Crippen LogP contribution < -0.4 is 4.74 Å². The molecule has 1 aromatic carbocycles. The summed E-state index contributed by atoms with van der Waals surface area (Å²) < 4.78 is 37.6. The van der Waals surface area contributed by atoms with Crippen LogP contribution >= 0.6 is 0 Å². The maximum atomic E-state index is 14.1. The van der Waals surface area contributed by atoms with E-state index in [1.54, 1.807) is 0 Å². The zero-order valence-corrected chi connectivity index (χ0v) is 11.3. The summed E-state index contributed by atoms with van der Waals surface area (Å²) in [5.74, 6) is -1.58. The van der Waals surface area contributed by atoms with E-state index in [1.165, 1.54) is 19.2 Å². The monoisotopic (exact) mass is 271 g/mol. The fraction of sp³-hybridized carbons (Fsp3) is 0.571. The van der Waals surface area contributed by atoms with Gasteiger partial charge in [0.05, 0.1) is 20.3 Å². The minimum Gasteiger partial charge on any atom is -0.491 e. The van der Waals surface area contributed by atoms with E-state index in [2.05, 4.69) is 11.8 Å². The van der Waals surface area contributed by atoms with Crippen molar-refractivity contribution in [2.24, 2.45) is 0 Å². The Hall–Kier alpha value is -1.20. The molecule has 0 N–H and O–H groups in total. The van der Waals surface area contributed by atoms with E-state index >= 15 is 0 Å². The molecule has 0 amide bonds. The van der Waals surface area contributed by atoms with Crippen LogP contribution in [0.4, 0.5) is 8.78 Å². The molecule has 0 aliphatic carbocycles. The minimum absolute atomic E-state index is 0.282. The van der Waals surface area contributed by atoms with Crippen LogP contribution in [0, 0.1) is 11.6 Å². The van der Waals surface area contributed by atoms with Crippen LogP contribution in [0.2, 0.25) is 0 Å². The van der Waals surface area contributed by atoms with Gasteiger partial charge in [0.25, 0.3) is 0 Å². The molecule has 3 nitrogen and oxygen atoms in total. The first kappa shape index (κ1) is 14.2. The smallest absolute Gasteiger partial charge is 0.190 e. The van der Waals surface area contributed by atoms with Crippen LogP contribution in [-0.2, 0) is 11.3 Å². The van der Waals surface area contributed by atoms with E-state index in [0.717, 1.165) is 13.0 Å². The summed E-state index contributed by atoms with van der Waals surface area (Å²) in [5, 5.41) is 0. The van der Waals surface area contributed by atoms with Gasteiger partial charge < -0.3 is 9.47 Å². The van der Waals surface area contributed by atoms with E-state index in [1.807, 2.05) is 0 Å². The third-order valence-corrected chi connectivity index (χ3v) is 3.53. The lowest BCUT2D eigenvalue weighted by Gasteiger charge is -2.35. The number of hydrogen-bond donors (Lipinski definition) is 0. The number of morpholine rings is 1. The molecule has 0 bridgehead atoms. The van der Waals surface area contributed by atoms with Gasteiger partial charge in [0.2, 0.25) is 0 Å². The minimum atomic E-state index is -0.669. The number of ether oxygens (including phenoxy) is 2. The lowest BCUT2D eigenvalue weighted by atomic mass is 10.1. The molecule has 19 heavy (non-hydrogen) atoms. The van der Waals surface area contributed by atoms with Crippen molar-refractivity contribution in [3.8, 4) is 5.75 Å². The van der Waals surface area contributed by atoms with Crippen molar-refractivity contribution in [1.82, 2.24) is 4.90 Å². The molecule has 1 aliphatic heterocycles. The normalized spacial score (nSPS) is 20.5. The SMILES string of the molecule is CCC1COCCN1Cc1ccc(F)c(OC)c1F. The lowest BCUT2D eigenvalue weighted by molar-refractivity contribution is -0.0132. The molecule has 5 heteroatoms. The molecular formula is C14H19F2NO2. The second kappa shape index (κ2) is 6.30. The quantitative estimate of drug-likeness (QED) is 0.840. The summed E-state index contributed by atoms with van der Waals surface area (Å²) in [7, 11) is 1.27. The molecular weight excluding hydrogens is 252 g/mol. The Kier molecular flexibility index (Phi) is 4.71. The number of benzene rings is 1. The standard InChI is InChI=1S/C14H19F2NO2/c1-3-11-9-19-7-6-17(11)8-10-4-5-12(15)14(18-2)13(10)16/h4-5,11H,3,6-9H2,1-2H3. The summed E-state index contributed by atoms with van der Waals surface area (Å²) >= 11 is 0. The highest BCUT2D eigenvalue weighted by atomic mass is 19.1. The fourth-order valence-corrected chi connectivity index (χ4v) is 2.37. The summed E-state index contributed by atoms with van der Waals surface area (Å²) in [6, 6.07) is 3.01. The zero-order chi connectivity index (χ0) is 13.8. The summed E-state index contributed by atoms with van der Waals surface area (Å²) in [6.07, 6.45) is 0.944. The van der Waals surface area contributed by atoms with Gasteiger partial charge in [0.1, 0.15) is 0 Å². The Bertz CT molecular complexity index is 440. The predicted molar refractivity (Wildman–Crippen MR) is 68.2 cm³/mol. The van der Waals surface area contributed by atoms with Crippen molar-refractivity contribution >= 4 is 0 Å². The molecule has 2 rings (SSSR count). The molecule has 1 fully saturated rings. The van der Waals surface area contributed by atoms with Gasteiger partial charge >= 0.3 is 0 Å². The zero-order valence-electron chi connectivity index (χ0n) is 11.3. The topological polar surface area (TPSA) is 21.7 Å². The van der Waals surface area contributed by atoms with E-state index in [4.69, 9.17) is 9.47 Å². The van der Waals surface area contributed by atoms with E-state index in [0.29, 0.717) is 25.3 Å². The van der Waals surface area contributed by atoms with Gasteiger partial charge in [0, 0.05) is 24.7 Å². The fourth-order valence-electron chi connectivity index (χ4n) is 2.37. The van der Waals surface area contributed by atoms with Crippen molar-refractivity contribution in [2.45, 2.75) is 25.9 Å². The van der Waals surface area contributed by atoms with Gasteiger partial charge in [-0.3, -0.25) is 4.90 Å². The number of rotatable bonds is 4. The van der Waals surface area contributed by atoms with Gasteiger partial charge in [-0.05, 0) is 12.5 Å². The first-order valence-corrected chi connectivity index (χ1v) is 6.50.